The third-order valence-electron chi connectivity index (χ3n) is 6.54. The molecule has 2 aromatic carbocycles. The first kappa shape index (κ1) is 29.0. The van der Waals surface area contributed by atoms with Crippen LogP contribution in [0.1, 0.15) is 38.0 Å². The minimum atomic E-state index is -3.31. The predicted octanol–water partition coefficient (Wildman–Crippen LogP) is 4.06. The van der Waals surface area contributed by atoms with Gasteiger partial charge in [0.1, 0.15) is 5.56 Å². The molecule has 0 aliphatic heterocycles. The molecular weight excluding hydrogens is 558 g/mol. The van der Waals surface area contributed by atoms with Crippen molar-refractivity contribution < 1.29 is 18.3 Å². The van der Waals surface area contributed by atoms with Crippen molar-refractivity contribution in [2.45, 2.75) is 31.0 Å². The van der Waals surface area contributed by atoms with E-state index >= 15 is 0 Å². The van der Waals surface area contributed by atoms with E-state index < -0.39 is 21.8 Å². The van der Waals surface area contributed by atoms with Gasteiger partial charge in [-0.3, -0.25) is 14.5 Å². The van der Waals surface area contributed by atoms with Crippen LogP contribution in [0.15, 0.2) is 64.4 Å². The molecule has 0 saturated heterocycles. The second-order valence-electron chi connectivity index (χ2n) is 9.67. The number of likely N-dealkylation sites (N-methyl/N-ethyl adjacent to an activating group) is 1. The Labute approximate surface area is 236 Å². The summed E-state index contributed by atoms with van der Waals surface area (Å²) in [6.45, 7) is 3.01. The van der Waals surface area contributed by atoms with E-state index in [9.17, 15) is 23.1 Å². The average Bonchev–Trinajstić information content (AvgIpc) is 3.21. The van der Waals surface area contributed by atoms with E-state index in [-0.39, 0.29) is 22.4 Å². The number of benzene rings is 2. The molecule has 4 aromatic rings. The second kappa shape index (κ2) is 11.6. The standard InChI is InChI=1S/C28H30ClN3O5S2/c1-17-24(16-31(2)15-23(33)19-7-11-21(12-8-19)39(4,36)37)38-27-25(17)32(3)14-22(26(27)34)28(35)30-13-18-5-9-20(29)10-6-18/h5-12,14,23,33H,13,15-16H2,1-4H3,(H,30,35). The Balaban J connectivity index is 1.50. The van der Waals surface area contributed by atoms with Gasteiger partial charge in [0.05, 0.1) is 21.2 Å². The summed E-state index contributed by atoms with van der Waals surface area (Å²) in [7, 11) is 0.374. The molecular formula is C28H30ClN3O5S2. The normalized spacial score (nSPS) is 12.7. The van der Waals surface area contributed by atoms with Gasteiger partial charge in [0, 0.05) is 49.0 Å². The van der Waals surface area contributed by atoms with Crippen LogP contribution in [-0.2, 0) is 30.0 Å². The van der Waals surface area contributed by atoms with Gasteiger partial charge < -0.3 is 15.0 Å². The smallest absolute Gasteiger partial charge is 0.257 e. The number of sulfone groups is 1. The van der Waals surface area contributed by atoms with Gasteiger partial charge in [0.15, 0.2) is 9.84 Å². The SMILES string of the molecule is Cc1c(CN(C)CC(O)c2ccc(S(C)(=O)=O)cc2)sc2c(=O)c(C(=O)NCc3ccc(Cl)cc3)cn(C)c12. The van der Waals surface area contributed by atoms with E-state index in [1.54, 1.807) is 35.0 Å². The number of carbonyl (C=O) groups is 1. The van der Waals surface area contributed by atoms with Crippen molar-refractivity contribution in [1.29, 1.82) is 0 Å². The Kier molecular flexibility index (Phi) is 8.63. The summed E-state index contributed by atoms with van der Waals surface area (Å²) in [5.41, 5.74) is 2.97. The van der Waals surface area contributed by atoms with E-state index in [2.05, 4.69) is 5.32 Å². The third-order valence-corrected chi connectivity index (χ3v) is 9.19. The number of aliphatic hydroxyl groups excluding tert-OH is 1. The number of hydrogen-bond acceptors (Lipinski definition) is 7. The lowest BCUT2D eigenvalue weighted by Crippen LogP contribution is -2.29. The zero-order valence-electron chi connectivity index (χ0n) is 22.1. The first-order valence-electron chi connectivity index (χ1n) is 12.2. The molecule has 4 rings (SSSR count). The maximum Gasteiger partial charge on any atom is 0.257 e. The quantitative estimate of drug-likeness (QED) is 0.306. The largest absolute Gasteiger partial charge is 0.387 e. The van der Waals surface area contributed by atoms with E-state index in [1.807, 2.05) is 38.1 Å². The maximum atomic E-state index is 13.3. The van der Waals surface area contributed by atoms with Gasteiger partial charge in [-0.1, -0.05) is 35.9 Å². The number of halogens is 1. The molecule has 0 aliphatic rings. The first-order valence-corrected chi connectivity index (χ1v) is 15.2. The molecule has 206 valence electrons. The fourth-order valence-electron chi connectivity index (χ4n) is 4.41. The van der Waals surface area contributed by atoms with E-state index in [0.717, 1.165) is 27.8 Å². The van der Waals surface area contributed by atoms with Gasteiger partial charge in [0.25, 0.3) is 5.91 Å². The lowest BCUT2D eigenvalue weighted by molar-refractivity contribution is 0.0949. The van der Waals surface area contributed by atoms with Crippen LogP contribution in [0.2, 0.25) is 5.02 Å². The number of nitrogens with zero attached hydrogens (tertiary/aromatic N) is 2. The highest BCUT2D eigenvalue weighted by atomic mass is 35.5. The number of thiophene rings is 1. The molecule has 0 bridgehead atoms. The summed E-state index contributed by atoms with van der Waals surface area (Å²) in [6.07, 6.45) is 1.89. The Bertz CT molecular complexity index is 1680. The topological polar surface area (TPSA) is 109 Å². The van der Waals surface area contributed by atoms with E-state index in [0.29, 0.717) is 28.4 Å². The highest BCUT2D eigenvalue weighted by Crippen LogP contribution is 2.30. The van der Waals surface area contributed by atoms with Gasteiger partial charge in [-0.25, -0.2) is 8.42 Å². The Morgan fingerprint density at radius 1 is 1.15 bits per heavy atom. The van der Waals surface area contributed by atoms with Crippen molar-refractivity contribution >= 4 is 48.9 Å². The molecule has 2 N–H and O–H groups in total. The average molecular weight is 588 g/mol. The summed E-state index contributed by atoms with van der Waals surface area (Å²) >= 11 is 7.27. The van der Waals surface area contributed by atoms with Gasteiger partial charge in [-0.15, -0.1) is 11.3 Å². The lowest BCUT2D eigenvalue weighted by atomic mass is 10.1. The molecule has 39 heavy (non-hydrogen) atoms. The molecule has 11 heteroatoms. The van der Waals surface area contributed by atoms with Crippen LogP contribution < -0.4 is 10.7 Å². The molecule has 2 heterocycles. The van der Waals surface area contributed by atoms with Gasteiger partial charge in [-0.05, 0) is 54.9 Å². The van der Waals surface area contributed by atoms with Crippen molar-refractivity contribution in [2.75, 3.05) is 19.8 Å². The van der Waals surface area contributed by atoms with Crippen LogP contribution in [0.3, 0.4) is 0 Å². The summed E-state index contributed by atoms with van der Waals surface area (Å²) in [6, 6.07) is 13.3. The second-order valence-corrected chi connectivity index (χ2v) is 13.2. The first-order chi connectivity index (χ1) is 18.3. The molecule has 0 radical (unpaired) electrons. The van der Waals surface area contributed by atoms with Crippen molar-refractivity contribution in [1.82, 2.24) is 14.8 Å². The van der Waals surface area contributed by atoms with Gasteiger partial charge in [0.2, 0.25) is 5.43 Å². The van der Waals surface area contributed by atoms with Crippen LogP contribution in [0.25, 0.3) is 10.2 Å². The molecule has 0 saturated carbocycles. The third kappa shape index (κ3) is 6.59. The monoisotopic (exact) mass is 587 g/mol. The minimum Gasteiger partial charge on any atom is -0.387 e. The van der Waals surface area contributed by atoms with Gasteiger partial charge in [-0.2, -0.15) is 0 Å². The number of pyridine rings is 1. The number of carbonyl (C=O) groups excluding carboxylic acids is 1. The number of rotatable bonds is 9. The molecule has 0 aliphatic carbocycles. The Morgan fingerprint density at radius 2 is 1.79 bits per heavy atom. The van der Waals surface area contributed by atoms with Crippen LogP contribution in [0.5, 0.6) is 0 Å². The van der Waals surface area contributed by atoms with Crippen molar-refractivity contribution in [3.63, 3.8) is 0 Å². The molecule has 0 fully saturated rings. The lowest BCUT2D eigenvalue weighted by Gasteiger charge is -2.20. The molecule has 0 spiro atoms. The summed E-state index contributed by atoms with van der Waals surface area (Å²) in [5, 5.41) is 14.1. The Morgan fingerprint density at radius 3 is 2.41 bits per heavy atom. The fraction of sp³-hybridized carbons (Fsp3) is 0.286. The zero-order valence-corrected chi connectivity index (χ0v) is 24.5. The number of nitrogens with one attached hydrogen (secondary N) is 1. The van der Waals surface area contributed by atoms with Crippen molar-refractivity contribution in [2.24, 2.45) is 7.05 Å². The number of aromatic nitrogens is 1. The molecule has 1 amide bonds. The summed E-state index contributed by atoms with van der Waals surface area (Å²) in [5.74, 6) is -0.442. The highest BCUT2D eigenvalue weighted by Gasteiger charge is 2.21. The zero-order chi connectivity index (χ0) is 28.5. The number of aliphatic hydroxyl groups is 1. The molecule has 1 unspecified atom stereocenters. The Hall–Kier alpha value is -3.02. The summed E-state index contributed by atoms with van der Waals surface area (Å²) < 4.78 is 25.7. The van der Waals surface area contributed by atoms with Crippen LogP contribution in [0, 0.1) is 6.92 Å². The van der Waals surface area contributed by atoms with Gasteiger partial charge >= 0.3 is 0 Å². The van der Waals surface area contributed by atoms with E-state index in [1.165, 1.54) is 23.5 Å². The highest BCUT2D eigenvalue weighted by molar-refractivity contribution is 7.90. The minimum absolute atomic E-state index is 0.0769. The summed E-state index contributed by atoms with van der Waals surface area (Å²) in [4.78, 5) is 29.3. The van der Waals surface area contributed by atoms with Crippen LogP contribution in [-0.4, -0.2) is 48.7 Å². The number of hydrogen-bond donors (Lipinski definition) is 2. The van der Waals surface area contributed by atoms with E-state index in [4.69, 9.17) is 11.6 Å². The fourth-order valence-corrected chi connectivity index (χ4v) is 6.54. The van der Waals surface area contributed by atoms with Crippen molar-refractivity contribution in [3.8, 4) is 0 Å². The van der Waals surface area contributed by atoms with Crippen LogP contribution in [0.4, 0.5) is 0 Å². The van der Waals surface area contributed by atoms with Crippen LogP contribution >= 0.6 is 22.9 Å². The predicted molar refractivity (Wildman–Crippen MR) is 155 cm³/mol. The molecule has 1 atom stereocenters. The number of fused-ring (bicyclic) bond motifs is 1. The van der Waals surface area contributed by atoms with Crippen molar-refractivity contribution in [3.05, 3.63) is 97.1 Å². The number of amides is 1. The molecule has 2 aromatic heterocycles. The molecule has 8 nitrogen and oxygen atoms in total. The maximum absolute atomic E-state index is 13.3. The number of aryl methyl sites for hydroxylation is 2.